The number of nitrogens with zero attached hydrogens (tertiary/aromatic N) is 3. The highest BCUT2D eigenvalue weighted by atomic mass is 15.2. The van der Waals surface area contributed by atoms with Crippen LogP contribution in [0.15, 0.2) is 30.9 Å². The SMILES string of the molecule is Cn1cc(C2CNc3cnccc3N2)cn1. The summed E-state index contributed by atoms with van der Waals surface area (Å²) in [5.41, 5.74) is 3.34. The average Bonchev–Trinajstić information content (AvgIpc) is 2.75. The van der Waals surface area contributed by atoms with Gasteiger partial charge in [0.15, 0.2) is 0 Å². The normalized spacial score (nSPS) is 18.4. The molecule has 2 aromatic heterocycles. The highest BCUT2D eigenvalue weighted by molar-refractivity contribution is 5.70. The van der Waals surface area contributed by atoms with E-state index in [2.05, 4.69) is 20.7 Å². The van der Waals surface area contributed by atoms with Gasteiger partial charge in [-0.15, -0.1) is 0 Å². The second-order valence-electron chi connectivity index (χ2n) is 3.95. The fourth-order valence-electron chi connectivity index (χ4n) is 1.93. The summed E-state index contributed by atoms with van der Waals surface area (Å²) < 4.78 is 1.82. The summed E-state index contributed by atoms with van der Waals surface area (Å²) >= 11 is 0. The third kappa shape index (κ3) is 1.50. The molecular formula is C11H13N5. The number of rotatable bonds is 1. The Morgan fingerprint density at radius 3 is 3.12 bits per heavy atom. The van der Waals surface area contributed by atoms with Crippen molar-refractivity contribution in [3.63, 3.8) is 0 Å². The van der Waals surface area contributed by atoms with Gasteiger partial charge in [0, 0.05) is 31.5 Å². The van der Waals surface area contributed by atoms with Crippen LogP contribution in [0.3, 0.4) is 0 Å². The van der Waals surface area contributed by atoms with Crippen LogP contribution in [-0.2, 0) is 7.05 Å². The molecule has 0 saturated heterocycles. The molecule has 5 nitrogen and oxygen atoms in total. The lowest BCUT2D eigenvalue weighted by molar-refractivity contribution is 0.761. The van der Waals surface area contributed by atoms with Gasteiger partial charge in [-0.2, -0.15) is 5.10 Å². The van der Waals surface area contributed by atoms with Gasteiger partial charge in [0.05, 0.1) is 29.8 Å². The lowest BCUT2D eigenvalue weighted by Gasteiger charge is -2.27. The zero-order valence-corrected chi connectivity index (χ0v) is 9.01. The second-order valence-corrected chi connectivity index (χ2v) is 3.95. The fraction of sp³-hybridized carbons (Fsp3) is 0.273. The average molecular weight is 215 g/mol. The Kier molecular flexibility index (Phi) is 2.02. The van der Waals surface area contributed by atoms with E-state index >= 15 is 0 Å². The number of nitrogens with one attached hydrogen (secondary N) is 2. The van der Waals surface area contributed by atoms with Gasteiger partial charge in [0.2, 0.25) is 0 Å². The van der Waals surface area contributed by atoms with Crippen LogP contribution in [0.5, 0.6) is 0 Å². The second kappa shape index (κ2) is 3.52. The monoisotopic (exact) mass is 215 g/mol. The maximum Gasteiger partial charge on any atom is 0.0763 e. The van der Waals surface area contributed by atoms with Gasteiger partial charge in [0.25, 0.3) is 0 Å². The van der Waals surface area contributed by atoms with Crippen LogP contribution < -0.4 is 10.6 Å². The van der Waals surface area contributed by atoms with Gasteiger partial charge >= 0.3 is 0 Å². The molecule has 0 spiro atoms. The van der Waals surface area contributed by atoms with E-state index in [0.29, 0.717) is 0 Å². The number of hydrogen-bond donors (Lipinski definition) is 2. The van der Waals surface area contributed by atoms with Crippen LogP contribution in [0, 0.1) is 0 Å². The van der Waals surface area contributed by atoms with Crippen molar-refractivity contribution in [2.75, 3.05) is 17.2 Å². The molecule has 16 heavy (non-hydrogen) atoms. The molecule has 1 aliphatic heterocycles. The summed E-state index contributed by atoms with van der Waals surface area (Å²) in [5, 5.41) is 11.0. The number of aromatic nitrogens is 3. The van der Waals surface area contributed by atoms with Crippen molar-refractivity contribution < 1.29 is 0 Å². The minimum atomic E-state index is 0.267. The molecule has 3 rings (SSSR count). The third-order valence-electron chi connectivity index (χ3n) is 2.77. The van der Waals surface area contributed by atoms with Gasteiger partial charge in [0.1, 0.15) is 0 Å². The first-order chi connectivity index (χ1) is 7.83. The fourth-order valence-corrected chi connectivity index (χ4v) is 1.93. The molecule has 1 unspecified atom stereocenters. The van der Waals surface area contributed by atoms with Crippen molar-refractivity contribution in [3.05, 3.63) is 36.4 Å². The molecule has 0 saturated carbocycles. The topological polar surface area (TPSA) is 54.8 Å². The molecule has 0 bridgehead atoms. The van der Waals surface area contributed by atoms with E-state index in [4.69, 9.17) is 0 Å². The van der Waals surface area contributed by atoms with E-state index in [9.17, 15) is 0 Å². The summed E-state index contributed by atoms with van der Waals surface area (Å²) in [5.74, 6) is 0. The molecule has 0 aliphatic carbocycles. The number of aryl methyl sites for hydroxylation is 1. The first-order valence-electron chi connectivity index (χ1n) is 5.26. The molecule has 1 aliphatic rings. The quantitative estimate of drug-likeness (QED) is 0.755. The number of anilines is 2. The van der Waals surface area contributed by atoms with Crippen molar-refractivity contribution in [2.45, 2.75) is 6.04 Å². The Morgan fingerprint density at radius 2 is 2.31 bits per heavy atom. The molecule has 0 amide bonds. The van der Waals surface area contributed by atoms with Crippen molar-refractivity contribution in [3.8, 4) is 0 Å². The zero-order chi connectivity index (χ0) is 11.0. The van der Waals surface area contributed by atoms with E-state index < -0.39 is 0 Å². The Hall–Kier alpha value is -2.04. The molecule has 3 heterocycles. The number of pyridine rings is 1. The largest absolute Gasteiger partial charge is 0.380 e. The molecule has 2 N–H and O–H groups in total. The number of hydrogen-bond acceptors (Lipinski definition) is 4. The van der Waals surface area contributed by atoms with E-state index in [1.54, 1.807) is 6.20 Å². The van der Waals surface area contributed by atoms with Crippen molar-refractivity contribution in [1.82, 2.24) is 14.8 Å². The Labute approximate surface area is 93.5 Å². The molecule has 82 valence electrons. The molecule has 0 radical (unpaired) electrons. The van der Waals surface area contributed by atoms with Crippen molar-refractivity contribution in [2.24, 2.45) is 7.05 Å². The summed E-state index contributed by atoms with van der Waals surface area (Å²) in [6, 6.07) is 2.24. The summed E-state index contributed by atoms with van der Waals surface area (Å²) in [6.45, 7) is 0.852. The third-order valence-corrected chi connectivity index (χ3v) is 2.77. The summed E-state index contributed by atoms with van der Waals surface area (Å²) in [6.07, 6.45) is 7.55. The smallest absolute Gasteiger partial charge is 0.0763 e. The van der Waals surface area contributed by atoms with Gasteiger partial charge in [-0.1, -0.05) is 0 Å². The lowest BCUT2D eigenvalue weighted by Crippen LogP contribution is -2.25. The molecule has 0 fully saturated rings. The summed E-state index contributed by atoms with van der Waals surface area (Å²) in [4.78, 5) is 4.08. The summed E-state index contributed by atoms with van der Waals surface area (Å²) in [7, 11) is 1.93. The van der Waals surface area contributed by atoms with Gasteiger partial charge in [-0.25, -0.2) is 0 Å². The van der Waals surface area contributed by atoms with Crippen LogP contribution in [0.25, 0.3) is 0 Å². The Bertz CT molecular complexity index is 505. The van der Waals surface area contributed by atoms with E-state index in [0.717, 1.165) is 17.9 Å². The zero-order valence-electron chi connectivity index (χ0n) is 9.01. The maximum absolute atomic E-state index is 4.18. The van der Waals surface area contributed by atoms with Crippen LogP contribution in [-0.4, -0.2) is 21.3 Å². The van der Waals surface area contributed by atoms with E-state index in [1.807, 2.05) is 36.4 Å². The van der Waals surface area contributed by atoms with Crippen LogP contribution >= 0.6 is 0 Å². The van der Waals surface area contributed by atoms with Crippen LogP contribution in [0.2, 0.25) is 0 Å². The van der Waals surface area contributed by atoms with Gasteiger partial charge < -0.3 is 10.6 Å². The first-order valence-corrected chi connectivity index (χ1v) is 5.26. The van der Waals surface area contributed by atoms with E-state index in [-0.39, 0.29) is 6.04 Å². The highest BCUT2D eigenvalue weighted by Gasteiger charge is 2.19. The van der Waals surface area contributed by atoms with Crippen molar-refractivity contribution in [1.29, 1.82) is 0 Å². The minimum absolute atomic E-state index is 0.267. The standard InChI is InChI=1S/C11H13N5/c1-16-7-8(4-14-16)10-6-13-11-5-12-3-2-9(11)15-10/h2-5,7,10,13,15H,6H2,1H3. The van der Waals surface area contributed by atoms with E-state index in [1.165, 1.54) is 5.56 Å². The predicted molar refractivity (Wildman–Crippen MR) is 62.3 cm³/mol. The lowest BCUT2D eigenvalue weighted by atomic mass is 10.1. The minimum Gasteiger partial charge on any atom is -0.380 e. The molecule has 0 aromatic carbocycles. The molecule has 5 heteroatoms. The Morgan fingerprint density at radius 1 is 1.38 bits per heavy atom. The predicted octanol–water partition coefficient (Wildman–Crippen LogP) is 1.39. The maximum atomic E-state index is 4.18. The molecular weight excluding hydrogens is 202 g/mol. The van der Waals surface area contributed by atoms with Crippen LogP contribution in [0.1, 0.15) is 11.6 Å². The molecule has 1 atom stereocenters. The highest BCUT2D eigenvalue weighted by Crippen LogP contribution is 2.29. The van der Waals surface area contributed by atoms with Gasteiger partial charge in [-0.3, -0.25) is 9.67 Å². The molecule has 2 aromatic rings. The van der Waals surface area contributed by atoms with Crippen molar-refractivity contribution >= 4 is 11.4 Å². The van der Waals surface area contributed by atoms with Crippen LogP contribution in [0.4, 0.5) is 11.4 Å². The Balaban J connectivity index is 1.88. The number of fused-ring (bicyclic) bond motifs is 1. The first kappa shape index (κ1) is 9.21. The van der Waals surface area contributed by atoms with Gasteiger partial charge in [-0.05, 0) is 6.07 Å².